The summed E-state index contributed by atoms with van der Waals surface area (Å²) >= 11 is 0. The molecule has 1 fully saturated rings. The Morgan fingerprint density at radius 2 is 2.10 bits per heavy atom. The summed E-state index contributed by atoms with van der Waals surface area (Å²) in [5.74, 6) is -1.72. The van der Waals surface area contributed by atoms with Gasteiger partial charge in [-0.05, 0) is 32.1 Å². The first-order valence-corrected chi connectivity index (χ1v) is 7.00. The molecule has 2 unspecified atom stereocenters. The molecule has 20 heavy (non-hydrogen) atoms. The number of rotatable bonds is 6. The van der Waals surface area contributed by atoms with Crippen molar-refractivity contribution in [2.45, 2.75) is 45.1 Å². The Kier molecular flexibility index (Phi) is 6.27. The summed E-state index contributed by atoms with van der Waals surface area (Å²) in [6.07, 6.45) is 3.47. The molecule has 0 aromatic carbocycles. The number of nitrogens with one attached hydrogen (secondary N) is 1. The van der Waals surface area contributed by atoms with E-state index in [1.807, 2.05) is 0 Å². The van der Waals surface area contributed by atoms with E-state index in [0.717, 1.165) is 12.8 Å². The van der Waals surface area contributed by atoms with Gasteiger partial charge in [0.2, 0.25) is 5.91 Å². The van der Waals surface area contributed by atoms with Crippen LogP contribution >= 0.6 is 0 Å². The van der Waals surface area contributed by atoms with Gasteiger partial charge in [-0.25, -0.2) is 4.79 Å². The Bertz CT molecular complexity index is 373. The number of hydrogen-bond acceptors (Lipinski definition) is 3. The Labute approximate surface area is 118 Å². The predicted molar refractivity (Wildman–Crippen MR) is 73.0 cm³/mol. The third-order valence-corrected chi connectivity index (χ3v) is 3.60. The summed E-state index contributed by atoms with van der Waals surface area (Å²) in [7, 11) is 0. The molecule has 114 valence electrons. The van der Waals surface area contributed by atoms with Crippen LogP contribution in [0.5, 0.6) is 0 Å². The number of carboxylic acids is 1. The van der Waals surface area contributed by atoms with Gasteiger partial charge < -0.3 is 21.1 Å². The minimum absolute atomic E-state index is 0.295. The van der Waals surface area contributed by atoms with Crippen molar-refractivity contribution in [3.05, 3.63) is 0 Å². The molecule has 1 heterocycles. The van der Waals surface area contributed by atoms with E-state index in [2.05, 4.69) is 5.32 Å². The third-order valence-electron chi connectivity index (χ3n) is 3.60. The number of aliphatic carboxylic acids is 1. The Morgan fingerprint density at radius 1 is 1.40 bits per heavy atom. The first-order chi connectivity index (χ1) is 9.43. The zero-order chi connectivity index (χ0) is 15.1. The van der Waals surface area contributed by atoms with Crippen molar-refractivity contribution in [2.24, 2.45) is 11.7 Å². The highest BCUT2D eigenvalue weighted by atomic mass is 16.4. The lowest BCUT2D eigenvalue weighted by atomic mass is 10.0. The van der Waals surface area contributed by atoms with E-state index in [4.69, 9.17) is 10.8 Å². The largest absolute Gasteiger partial charge is 0.481 e. The molecule has 0 aromatic heterocycles. The predicted octanol–water partition coefficient (Wildman–Crippen LogP) is 0.537. The molecule has 1 rings (SSSR count). The molecule has 1 aliphatic rings. The maximum absolute atomic E-state index is 12.0. The Balaban J connectivity index is 2.34. The molecular weight excluding hydrogens is 262 g/mol. The van der Waals surface area contributed by atoms with Gasteiger partial charge in [-0.3, -0.25) is 9.59 Å². The number of amides is 3. The molecule has 7 nitrogen and oxygen atoms in total. The van der Waals surface area contributed by atoms with E-state index in [1.165, 1.54) is 4.90 Å². The van der Waals surface area contributed by atoms with Gasteiger partial charge in [0.05, 0.1) is 5.92 Å². The van der Waals surface area contributed by atoms with E-state index >= 15 is 0 Å². The van der Waals surface area contributed by atoms with Crippen molar-refractivity contribution in [1.82, 2.24) is 10.2 Å². The SMILES string of the molecule is CC(CCCNC(=O)N1CCCCC1C(N)=O)C(=O)O. The number of nitrogens with two attached hydrogens (primary N) is 1. The third kappa shape index (κ3) is 4.71. The normalized spacial score (nSPS) is 20.2. The van der Waals surface area contributed by atoms with Crippen LogP contribution in [0.3, 0.4) is 0 Å². The van der Waals surface area contributed by atoms with Crippen LogP contribution < -0.4 is 11.1 Å². The van der Waals surface area contributed by atoms with E-state index in [1.54, 1.807) is 6.92 Å². The molecule has 0 aromatic rings. The highest BCUT2D eigenvalue weighted by Crippen LogP contribution is 2.16. The van der Waals surface area contributed by atoms with Crippen molar-refractivity contribution in [1.29, 1.82) is 0 Å². The maximum atomic E-state index is 12.0. The fraction of sp³-hybridized carbons (Fsp3) is 0.769. The van der Waals surface area contributed by atoms with Crippen LogP contribution in [0, 0.1) is 5.92 Å². The summed E-state index contributed by atoms with van der Waals surface area (Å²) in [4.78, 5) is 35.4. The molecular formula is C13H23N3O4. The average molecular weight is 285 g/mol. The van der Waals surface area contributed by atoms with Gasteiger partial charge in [0.25, 0.3) is 0 Å². The van der Waals surface area contributed by atoms with Crippen LogP contribution in [-0.4, -0.2) is 47.0 Å². The second-order valence-electron chi connectivity index (χ2n) is 5.22. The minimum Gasteiger partial charge on any atom is -0.481 e. The summed E-state index contributed by atoms with van der Waals surface area (Å²) in [5.41, 5.74) is 5.30. The molecule has 0 aliphatic carbocycles. The number of carbonyl (C=O) groups excluding carboxylic acids is 2. The van der Waals surface area contributed by atoms with Crippen LogP contribution in [0.2, 0.25) is 0 Å². The molecule has 0 saturated carbocycles. The van der Waals surface area contributed by atoms with E-state index in [0.29, 0.717) is 32.4 Å². The van der Waals surface area contributed by atoms with Crippen LogP contribution in [0.25, 0.3) is 0 Å². The maximum Gasteiger partial charge on any atom is 0.318 e. The van der Waals surface area contributed by atoms with Crippen LogP contribution in [0.15, 0.2) is 0 Å². The molecule has 0 bridgehead atoms. The molecule has 4 N–H and O–H groups in total. The highest BCUT2D eigenvalue weighted by Gasteiger charge is 2.30. The molecule has 0 spiro atoms. The van der Waals surface area contributed by atoms with Crippen molar-refractivity contribution >= 4 is 17.9 Å². The first-order valence-electron chi connectivity index (χ1n) is 7.00. The summed E-state index contributed by atoms with van der Waals surface area (Å²) in [6, 6.07) is -0.821. The van der Waals surface area contributed by atoms with Crippen molar-refractivity contribution in [2.75, 3.05) is 13.1 Å². The zero-order valence-electron chi connectivity index (χ0n) is 11.8. The molecule has 3 amide bonds. The molecule has 7 heteroatoms. The number of primary amides is 1. The second kappa shape index (κ2) is 7.72. The molecule has 1 aliphatic heterocycles. The van der Waals surface area contributed by atoms with Gasteiger partial charge in [-0.1, -0.05) is 6.92 Å². The van der Waals surface area contributed by atoms with Crippen molar-refractivity contribution in [3.63, 3.8) is 0 Å². The lowest BCUT2D eigenvalue weighted by Gasteiger charge is -2.33. The number of likely N-dealkylation sites (tertiary alicyclic amines) is 1. The van der Waals surface area contributed by atoms with E-state index < -0.39 is 23.8 Å². The van der Waals surface area contributed by atoms with E-state index in [-0.39, 0.29) is 6.03 Å². The van der Waals surface area contributed by atoms with Gasteiger partial charge in [0.1, 0.15) is 6.04 Å². The standard InChI is InChI=1S/C13H23N3O4/c1-9(12(18)19)5-4-7-15-13(20)16-8-3-2-6-10(16)11(14)17/h9-10H,2-8H2,1H3,(H2,14,17)(H,15,20)(H,18,19). The summed E-state index contributed by atoms with van der Waals surface area (Å²) < 4.78 is 0. The molecule has 0 radical (unpaired) electrons. The summed E-state index contributed by atoms with van der Waals surface area (Å²) in [6.45, 7) is 2.57. The monoisotopic (exact) mass is 285 g/mol. The average Bonchev–Trinajstić information content (AvgIpc) is 2.42. The minimum atomic E-state index is -0.832. The highest BCUT2D eigenvalue weighted by molar-refractivity contribution is 5.86. The topological polar surface area (TPSA) is 113 Å². The number of piperidine rings is 1. The van der Waals surface area contributed by atoms with Gasteiger partial charge >= 0.3 is 12.0 Å². The van der Waals surface area contributed by atoms with Gasteiger partial charge in [-0.2, -0.15) is 0 Å². The fourth-order valence-electron chi connectivity index (χ4n) is 2.30. The van der Waals surface area contributed by atoms with E-state index in [9.17, 15) is 14.4 Å². The Hall–Kier alpha value is -1.79. The van der Waals surface area contributed by atoms with Gasteiger partial charge in [0, 0.05) is 13.1 Å². The zero-order valence-corrected chi connectivity index (χ0v) is 11.8. The van der Waals surface area contributed by atoms with Crippen LogP contribution in [-0.2, 0) is 9.59 Å². The fourth-order valence-corrected chi connectivity index (χ4v) is 2.30. The number of urea groups is 1. The Morgan fingerprint density at radius 3 is 2.70 bits per heavy atom. The number of hydrogen-bond donors (Lipinski definition) is 3. The number of carboxylic acid groups (broad SMARTS) is 1. The van der Waals surface area contributed by atoms with Crippen molar-refractivity contribution in [3.8, 4) is 0 Å². The van der Waals surface area contributed by atoms with Crippen LogP contribution in [0.4, 0.5) is 4.79 Å². The first kappa shape index (κ1) is 16.3. The van der Waals surface area contributed by atoms with Gasteiger partial charge in [0.15, 0.2) is 0 Å². The lowest BCUT2D eigenvalue weighted by molar-refractivity contribution is -0.141. The lowest BCUT2D eigenvalue weighted by Crippen LogP contribution is -2.53. The summed E-state index contributed by atoms with van der Waals surface area (Å²) in [5, 5.41) is 11.5. The molecule has 1 saturated heterocycles. The second-order valence-corrected chi connectivity index (χ2v) is 5.22. The molecule has 2 atom stereocenters. The van der Waals surface area contributed by atoms with Gasteiger partial charge in [-0.15, -0.1) is 0 Å². The van der Waals surface area contributed by atoms with Crippen molar-refractivity contribution < 1.29 is 19.5 Å². The number of carbonyl (C=O) groups is 3. The quantitative estimate of drug-likeness (QED) is 0.618. The number of nitrogens with zero attached hydrogens (tertiary/aromatic N) is 1. The van der Waals surface area contributed by atoms with Crippen LogP contribution in [0.1, 0.15) is 39.0 Å². The smallest absolute Gasteiger partial charge is 0.318 e.